The van der Waals surface area contributed by atoms with E-state index in [1.54, 1.807) is 40.3 Å². The summed E-state index contributed by atoms with van der Waals surface area (Å²) in [5.41, 5.74) is 0.685. The van der Waals surface area contributed by atoms with Crippen LogP contribution in [-0.4, -0.2) is 45.8 Å². The summed E-state index contributed by atoms with van der Waals surface area (Å²) in [4.78, 5) is 15.4. The second kappa shape index (κ2) is 4.65. The molecule has 0 aliphatic carbocycles. The number of benzene rings is 1. The number of hydrogen-bond acceptors (Lipinski definition) is 5. The van der Waals surface area contributed by atoms with Crippen molar-refractivity contribution in [2.24, 2.45) is 0 Å². The standard InChI is InChI=1S/C13H13N5O3/c19-13(17-6-10(7-17)18-14-3-4-15-18)16-9-1-2-11-12(5-9)21-8-20-11/h1-5,10H,6-8H2,(H,16,19). The molecule has 1 aromatic carbocycles. The highest BCUT2D eigenvalue weighted by Crippen LogP contribution is 2.34. The minimum atomic E-state index is -0.141. The van der Waals surface area contributed by atoms with Gasteiger partial charge in [-0.3, -0.25) is 0 Å². The highest BCUT2D eigenvalue weighted by Gasteiger charge is 2.33. The molecule has 0 bridgehead atoms. The molecule has 8 nitrogen and oxygen atoms in total. The zero-order chi connectivity index (χ0) is 14.2. The number of rotatable bonds is 2. The van der Waals surface area contributed by atoms with Gasteiger partial charge in [-0.05, 0) is 12.1 Å². The van der Waals surface area contributed by atoms with Crippen molar-refractivity contribution in [2.75, 3.05) is 25.2 Å². The zero-order valence-corrected chi connectivity index (χ0v) is 11.1. The van der Waals surface area contributed by atoms with Crippen molar-refractivity contribution in [3.8, 4) is 11.5 Å². The van der Waals surface area contributed by atoms with E-state index < -0.39 is 0 Å². The molecule has 2 amide bonds. The van der Waals surface area contributed by atoms with Gasteiger partial charge in [-0.15, -0.1) is 0 Å². The fraction of sp³-hybridized carbons (Fsp3) is 0.308. The highest BCUT2D eigenvalue weighted by molar-refractivity contribution is 5.90. The van der Waals surface area contributed by atoms with Gasteiger partial charge in [0.25, 0.3) is 0 Å². The Labute approximate surface area is 120 Å². The molecule has 0 atom stereocenters. The van der Waals surface area contributed by atoms with Gasteiger partial charge in [-0.25, -0.2) is 4.79 Å². The quantitative estimate of drug-likeness (QED) is 0.894. The normalized spacial score (nSPS) is 16.7. The van der Waals surface area contributed by atoms with Gasteiger partial charge >= 0.3 is 6.03 Å². The van der Waals surface area contributed by atoms with Crippen molar-refractivity contribution >= 4 is 11.7 Å². The number of nitrogens with one attached hydrogen (secondary N) is 1. The van der Waals surface area contributed by atoms with Gasteiger partial charge in [0.15, 0.2) is 11.5 Å². The number of carbonyl (C=O) groups is 1. The van der Waals surface area contributed by atoms with Crippen molar-refractivity contribution in [3.63, 3.8) is 0 Å². The number of carbonyl (C=O) groups excluding carboxylic acids is 1. The lowest BCUT2D eigenvalue weighted by molar-refractivity contribution is 0.119. The number of ether oxygens (including phenoxy) is 2. The van der Waals surface area contributed by atoms with Crippen LogP contribution in [0.3, 0.4) is 0 Å². The molecule has 2 aliphatic heterocycles. The van der Waals surface area contributed by atoms with E-state index in [1.165, 1.54) is 0 Å². The Kier molecular flexibility index (Phi) is 2.66. The van der Waals surface area contributed by atoms with E-state index >= 15 is 0 Å². The lowest BCUT2D eigenvalue weighted by atomic mass is 10.1. The van der Waals surface area contributed by atoms with Crippen LogP contribution in [0.4, 0.5) is 10.5 Å². The molecule has 8 heteroatoms. The van der Waals surface area contributed by atoms with E-state index in [9.17, 15) is 4.79 Å². The summed E-state index contributed by atoms with van der Waals surface area (Å²) in [5, 5.41) is 11.0. The van der Waals surface area contributed by atoms with Gasteiger partial charge in [0.2, 0.25) is 6.79 Å². The van der Waals surface area contributed by atoms with Crippen molar-refractivity contribution in [3.05, 3.63) is 30.6 Å². The average Bonchev–Trinajstić information content (AvgIpc) is 3.06. The molecule has 4 rings (SSSR count). The predicted molar refractivity (Wildman–Crippen MR) is 72.2 cm³/mol. The highest BCUT2D eigenvalue weighted by atomic mass is 16.7. The first kappa shape index (κ1) is 12.0. The Balaban J connectivity index is 1.37. The Morgan fingerprint density at radius 2 is 1.95 bits per heavy atom. The van der Waals surface area contributed by atoms with Gasteiger partial charge in [0.1, 0.15) is 6.04 Å². The molecule has 108 valence electrons. The van der Waals surface area contributed by atoms with Crippen molar-refractivity contribution in [1.82, 2.24) is 19.9 Å². The maximum atomic E-state index is 12.1. The Hall–Kier alpha value is -2.77. The maximum absolute atomic E-state index is 12.1. The molecule has 1 N–H and O–H groups in total. The van der Waals surface area contributed by atoms with Gasteiger partial charge < -0.3 is 19.7 Å². The van der Waals surface area contributed by atoms with Crippen LogP contribution in [0.2, 0.25) is 0 Å². The summed E-state index contributed by atoms with van der Waals surface area (Å²) in [6.45, 7) is 1.42. The molecule has 2 aromatic rings. The second-order valence-electron chi connectivity index (χ2n) is 4.91. The summed E-state index contributed by atoms with van der Waals surface area (Å²) in [5.74, 6) is 1.34. The lowest BCUT2D eigenvalue weighted by Gasteiger charge is -2.38. The van der Waals surface area contributed by atoms with Crippen LogP contribution in [0.15, 0.2) is 30.6 Å². The lowest BCUT2D eigenvalue weighted by Crippen LogP contribution is -2.52. The third-order valence-corrected chi connectivity index (χ3v) is 3.54. The molecule has 0 spiro atoms. The molecule has 0 radical (unpaired) electrons. The van der Waals surface area contributed by atoms with Crippen LogP contribution in [-0.2, 0) is 0 Å². The molecule has 2 aliphatic rings. The Morgan fingerprint density at radius 3 is 2.76 bits per heavy atom. The van der Waals surface area contributed by atoms with Crippen LogP contribution in [0.1, 0.15) is 6.04 Å². The smallest absolute Gasteiger partial charge is 0.321 e. The number of hydrogen-bond donors (Lipinski definition) is 1. The van der Waals surface area contributed by atoms with E-state index in [-0.39, 0.29) is 18.9 Å². The van der Waals surface area contributed by atoms with Crippen molar-refractivity contribution in [1.29, 1.82) is 0 Å². The van der Waals surface area contributed by atoms with Gasteiger partial charge in [-0.2, -0.15) is 15.0 Å². The molecule has 1 aromatic heterocycles. The molecule has 3 heterocycles. The Bertz CT molecular complexity index is 666. The molecule has 1 fully saturated rings. The van der Waals surface area contributed by atoms with Gasteiger partial charge in [0, 0.05) is 24.8 Å². The number of amides is 2. The fourth-order valence-electron chi connectivity index (χ4n) is 2.36. The fourth-order valence-corrected chi connectivity index (χ4v) is 2.36. The number of urea groups is 1. The first-order valence-electron chi connectivity index (χ1n) is 6.61. The average molecular weight is 287 g/mol. The maximum Gasteiger partial charge on any atom is 0.321 e. The number of likely N-dealkylation sites (tertiary alicyclic amines) is 1. The first-order chi connectivity index (χ1) is 10.3. The molecular weight excluding hydrogens is 274 g/mol. The zero-order valence-electron chi connectivity index (χ0n) is 11.1. The number of nitrogens with zero attached hydrogens (tertiary/aromatic N) is 4. The van der Waals surface area contributed by atoms with E-state index in [4.69, 9.17) is 9.47 Å². The third-order valence-electron chi connectivity index (χ3n) is 3.54. The van der Waals surface area contributed by atoms with Crippen LogP contribution < -0.4 is 14.8 Å². The predicted octanol–water partition coefficient (Wildman–Crippen LogP) is 1.10. The monoisotopic (exact) mass is 287 g/mol. The van der Waals surface area contributed by atoms with Crippen LogP contribution in [0, 0.1) is 0 Å². The molecule has 0 saturated carbocycles. The third kappa shape index (κ3) is 2.14. The topological polar surface area (TPSA) is 81.5 Å². The summed E-state index contributed by atoms with van der Waals surface area (Å²) in [7, 11) is 0. The molecule has 1 saturated heterocycles. The van der Waals surface area contributed by atoms with Crippen LogP contribution in [0.25, 0.3) is 0 Å². The number of fused-ring (bicyclic) bond motifs is 1. The second-order valence-corrected chi connectivity index (χ2v) is 4.91. The van der Waals surface area contributed by atoms with E-state index in [1.807, 2.05) is 0 Å². The molecular formula is C13H13N5O3. The number of anilines is 1. The van der Waals surface area contributed by atoms with E-state index in [0.717, 1.165) is 0 Å². The van der Waals surface area contributed by atoms with E-state index in [2.05, 4.69) is 15.5 Å². The summed E-state index contributed by atoms with van der Waals surface area (Å²) in [6, 6.07) is 5.34. The minimum Gasteiger partial charge on any atom is -0.454 e. The number of aromatic nitrogens is 3. The molecule has 0 unspecified atom stereocenters. The Morgan fingerprint density at radius 1 is 1.19 bits per heavy atom. The van der Waals surface area contributed by atoms with Crippen LogP contribution in [0.5, 0.6) is 11.5 Å². The van der Waals surface area contributed by atoms with E-state index in [0.29, 0.717) is 30.3 Å². The summed E-state index contributed by atoms with van der Waals surface area (Å²) in [6.07, 6.45) is 3.27. The van der Waals surface area contributed by atoms with Crippen molar-refractivity contribution < 1.29 is 14.3 Å². The summed E-state index contributed by atoms with van der Waals surface area (Å²) >= 11 is 0. The van der Waals surface area contributed by atoms with Crippen molar-refractivity contribution in [2.45, 2.75) is 6.04 Å². The first-order valence-corrected chi connectivity index (χ1v) is 6.61. The van der Waals surface area contributed by atoms with Gasteiger partial charge in [0.05, 0.1) is 12.4 Å². The molecule has 21 heavy (non-hydrogen) atoms. The largest absolute Gasteiger partial charge is 0.454 e. The minimum absolute atomic E-state index is 0.141. The van der Waals surface area contributed by atoms with Crippen LogP contribution >= 0.6 is 0 Å². The summed E-state index contributed by atoms with van der Waals surface area (Å²) < 4.78 is 10.5. The van der Waals surface area contributed by atoms with Gasteiger partial charge in [-0.1, -0.05) is 0 Å². The SMILES string of the molecule is O=C(Nc1ccc2c(c1)OCO2)N1CC(n2nccn2)C1.